The van der Waals surface area contributed by atoms with Gasteiger partial charge >= 0.3 is 5.97 Å². The molecule has 0 atom stereocenters. The first-order valence-electron chi connectivity index (χ1n) is 10.8. The number of hydrogen-bond donors (Lipinski definition) is 5. The summed E-state index contributed by atoms with van der Waals surface area (Å²) in [5.41, 5.74) is 0.807. The number of nitrogens with one attached hydrogen (secondary N) is 2. The van der Waals surface area contributed by atoms with Crippen LogP contribution in [0.15, 0.2) is 65.6 Å². The molecule has 0 aliphatic carbocycles. The molecule has 0 amide bonds. The lowest BCUT2D eigenvalue weighted by atomic mass is 10.0. The van der Waals surface area contributed by atoms with E-state index in [4.69, 9.17) is 21.4 Å². The SMILES string of the molecule is COc1cc(O)c(C(=O)c2ccc(Nc3nc(Cl)nc(Nc4ccc(C(=O)O)cc4)n3)cc2)cc1S(=O)(=O)O. The van der Waals surface area contributed by atoms with Gasteiger partial charge in [-0.3, -0.25) is 9.35 Å². The Morgan fingerprint density at radius 3 is 1.85 bits per heavy atom. The van der Waals surface area contributed by atoms with E-state index in [0.29, 0.717) is 11.4 Å². The average Bonchev–Trinajstić information content (AvgIpc) is 2.88. The summed E-state index contributed by atoms with van der Waals surface area (Å²) in [7, 11) is -3.58. The Morgan fingerprint density at radius 2 is 1.38 bits per heavy atom. The molecule has 4 aromatic rings. The third-order valence-corrected chi connectivity index (χ3v) is 6.25. The minimum Gasteiger partial charge on any atom is -0.507 e. The maximum atomic E-state index is 12.9. The Hall–Kier alpha value is -4.79. The number of ether oxygens (including phenoxy) is 1. The standard InChI is InChI=1S/C24H18ClN5O8S/c1-38-18-11-17(31)16(10-19(18)39(35,36)37)20(32)12-2-6-14(7-3-12)26-23-28-22(25)29-24(30-23)27-15-8-4-13(5-9-15)21(33)34/h2-11,31H,1H3,(H,33,34)(H,35,36,37)(H2,26,27,28,29,30). The second-order valence-corrected chi connectivity index (χ2v) is 9.51. The normalized spacial score (nSPS) is 11.1. The number of nitrogens with zero attached hydrogens (tertiary/aromatic N) is 3. The lowest BCUT2D eigenvalue weighted by Crippen LogP contribution is -2.07. The first kappa shape index (κ1) is 27.3. The van der Waals surface area contributed by atoms with Crippen molar-refractivity contribution in [2.45, 2.75) is 4.90 Å². The molecule has 1 aromatic heterocycles. The minimum atomic E-state index is -4.73. The van der Waals surface area contributed by atoms with E-state index in [1.54, 1.807) is 0 Å². The second-order valence-electron chi connectivity index (χ2n) is 7.79. The van der Waals surface area contributed by atoms with Crippen LogP contribution < -0.4 is 15.4 Å². The highest BCUT2D eigenvalue weighted by Gasteiger charge is 2.23. The number of ketones is 1. The Bertz CT molecular complexity index is 1680. The van der Waals surface area contributed by atoms with Gasteiger partial charge in [0, 0.05) is 23.0 Å². The summed E-state index contributed by atoms with van der Waals surface area (Å²) in [5.74, 6) is -2.50. The molecule has 1 heterocycles. The van der Waals surface area contributed by atoms with E-state index >= 15 is 0 Å². The number of rotatable bonds is 9. The largest absolute Gasteiger partial charge is 0.507 e. The van der Waals surface area contributed by atoms with Gasteiger partial charge in [0.1, 0.15) is 16.4 Å². The molecule has 0 aliphatic heterocycles. The summed E-state index contributed by atoms with van der Waals surface area (Å²) in [6, 6.07) is 13.5. The predicted molar refractivity (Wildman–Crippen MR) is 139 cm³/mol. The molecule has 0 saturated heterocycles. The summed E-state index contributed by atoms with van der Waals surface area (Å²) in [6.07, 6.45) is 0. The van der Waals surface area contributed by atoms with Gasteiger partial charge in [0.15, 0.2) is 5.78 Å². The third kappa shape index (κ3) is 6.38. The number of phenols is 1. The van der Waals surface area contributed by atoms with Crippen LogP contribution in [0, 0.1) is 0 Å². The molecule has 0 unspecified atom stereocenters. The number of aromatic nitrogens is 3. The van der Waals surface area contributed by atoms with Crippen molar-refractivity contribution < 1.29 is 37.5 Å². The molecule has 0 fully saturated rings. The van der Waals surface area contributed by atoms with Gasteiger partial charge in [-0.2, -0.15) is 23.4 Å². The zero-order valence-corrected chi connectivity index (χ0v) is 21.4. The van der Waals surface area contributed by atoms with E-state index in [1.807, 2.05) is 0 Å². The average molecular weight is 572 g/mol. The van der Waals surface area contributed by atoms with Crippen LogP contribution in [0.4, 0.5) is 23.3 Å². The van der Waals surface area contributed by atoms with Crippen molar-refractivity contribution in [3.8, 4) is 11.5 Å². The molecule has 3 aromatic carbocycles. The Kier molecular flexibility index (Phi) is 7.62. The van der Waals surface area contributed by atoms with Crippen molar-refractivity contribution in [2.75, 3.05) is 17.7 Å². The Labute approximate surface area is 225 Å². The first-order valence-corrected chi connectivity index (χ1v) is 12.6. The molecular formula is C24H18ClN5O8S. The van der Waals surface area contributed by atoms with Gasteiger partial charge in [-0.15, -0.1) is 0 Å². The molecule has 15 heteroatoms. The van der Waals surface area contributed by atoms with Gasteiger partial charge in [0.05, 0.1) is 18.2 Å². The fourth-order valence-electron chi connectivity index (χ4n) is 3.37. The maximum Gasteiger partial charge on any atom is 0.335 e. The summed E-state index contributed by atoms with van der Waals surface area (Å²) >= 11 is 6.01. The Morgan fingerprint density at radius 1 is 0.872 bits per heavy atom. The van der Waals surface area contributed by atoms with E-state index in [-0.39, 0.29) is 39.6 Å². The number of carbonyl (C=O) groups excluding carboxylic acids is 1. The van der Waals surface area contributed by atoms with Crippen molar-refractivity contribution in [3.63, 3.8) is 0 Å². The van der Waals surface area contributed by atoms with Crippen LogP contribution in [0.1, 0.15) is 26.3 Å². The zero-order chi connectivity index (χ0) is 28.3. The molecular weight excluding hydrogens is 554 g/mol. The maximum absolute atomic E-state index is 12.9. The molecule has 5 N–H and O–H groups in total. The van der Waals surface area contributed by atoms with Crippen molar-refractivity contribution in [3.05, 3.63) is 82.6 Å². The lowest BCUT2D eigenvalue weighted by molar-refractivity contribution is 0.0696. The number of anilines is 4. The van der Waals surface area contributed by atoms with E-state index < -0.39 is 32.5 Å². The smallest absolute Gasteiger partial charge is 0.335 e. The highest BCUT2D eigenvalue weighted by Crippen LogP contribution is 2.33. The van der Waals surface area contributed by atoms with Gasteiger partial charge in [-0.05, 0) is 66.2 Å². The number of carboxylic acid groups (broad SMARTS) is 1. The number of carboxylic acids is 1. The first-order chi connectivity index (χ1) is 18.4. The second kappa shape index (κ2) is 10.9. The monoisotopic (exact) mass is 571 g/mol. The highest BCUT2D eigenvalue weighted by molar-refractivity contribution is 7.86. The van der Waals surface area contributed by atoms with Gasteiger partial charge in [0.25, 0.3) is 10.1 Å². The van der Waals surface area contributed by atoms with Crippen LogP contribution in [-0.4, -0.2) is 57.0 Å². The fourth-order valence-corrected chi connectivity index (χ4v) is 4.19. The van der Waals surface area contributed by atoms with Crippen LogP contribution in [-0.2, 0) is 10.1 Å². The number of halogens is 1. The van der Waals surface area contributed by atoms with E-state index in [0.717, 1.165) is 19.2 Å². The summed E-state index contributed by atoms with van der Waals surface area (Å²) in [6.45, 7) is 0. The lowest BCUT2D eigenvalue weighted by Gasteiger charge is -2.11. The van der Waals surface area contributed by atoms with Crippen LogP contribution in [0.3, 0.4) is 0 Å². The van der Waals surface area contributed by atoms with E-state index in [2.05, 4.69) is 25.6 Å². The van der Waals surface area contributed by atoms with Gasteiger partial charge in [0.2, 0.25) is 17.2 Å². The van der Waals surface area contributed by atoms with Crippen molar-refractivity contribution in [1.29, 1.82) is 0 Å². The topological polar surface area (TPSA) is 201 Å². The quantitative estimate of drug-likeness (QED) is 0.143. The van der Waals surface area contributed by atoms with Crippen LogP contribution >= 0.6 is 11.6 Å². The van der Waals surface area contributed by atoms with Gasteiger partial charge in [-0.1, -0.05) is 0 Å². The number of hydrogen-bond acceptors (Lipinski definition) is 11. The molecule has 0 spiro atoms. The number of benzene rings is 3. The summed E-state index contributed by atoms with van der Waals surface area (Å²) in [5, 5.41) is 24.9. The van der Waals surface area contributed by atoms with Crippen LogP contribution in [0.25, 0.3) is 0 Å². The molecule has 0 bridgehead atoms. The number of aromatic hydroxyl groups is 1. The third-order valence-electron chi connectivity index (χ3n) is 5.20. The van der Waals surface area contributed by atoms with E-state index in [9.17, 15) is 27.7 Å². The number of methoxy groups -OCH3 is 1. The fraction of sp³-hybridized carbons (Fsp3) is 0.0417. The van der Waals surface area contributed by atoms with Crippen LogP contribution in [0.5, 0.6) is 11.5 Å². The van der Waals surface area contributed by atoms with Crippen molar-refractivity contribution >= 4 is 56.7 Å². The predicted octanol–water partition coefficient (Wildman–Crippen LogP) is 3.90. The molecule has 0 saturated carbocycles. The Balaban J connectivity index is 1.53. The van der Waals surface area contributed by atoms with E-state index in [1.165, 1.54) is 48.5 Å². The highest BCUT2D eigenvalue weighted by atomic mass is 35.5. The molecule has 13 nitrogen and oxygen atoms in total. The van der Waals surface area contributed by atoms with Crippen molar-refractivity contribution in [1.82, 2.24) is 15.0 Å². The van der Waals surface area contributed by atoms with Crippen LogP contribution in [0.2, 0.25) is 5.28 Å². The van der Waals surface area contributed by atoms with Crippen molar-refractivity contribution in [2.24, 2.45) is 0 Å². The van der Waals surface area contributed by atoms with Gasteiger partial charge in [-0.25, -0.2) is 4.79 Å². The molecule has 200 valence electrons. The number of phenolic OH excluding ortho intramolecular Hbond substituents is 1. The zero-order valence-electron chi connectivity index (χ0n) is 19.8. The molecule has 4 rings (SSSR count). The summed E-state index contributed by atoms with van der Waals surface area (Å²) < 4.78 is 37.6. The van der Waals surface area contributed by atoms with Gasteiger partial charge < -0.3 is 25.6 Å². The summed E-state index contributed by atoms with van der Waals surface area (Å²) in [4.78, 5) is 35.5. The molecule has 0 aliphatic rings. The molecule has 39 heavy (non-hydrogen) atoms. The molecule has 0 radical (unpaired) electrons. The minimum absolute atomic E-state index is 0.0596. The number of aromatic carboxylic acids is 1. The number of carbonyl (C=O) groups is 2.